The first-order valence-electron chi connectivity index (χ1n) is 43.5. The molecule has 0 spiro atoms. The second-order valence-corrected chi connectivity index (χ2v) is 39.1. The summed E-state index contributed by atoms with van der Waals surface area (Å²) in [6, 6.07) is 141. The minimum absolute atomic E-state index is 0.0672. The van der Waals surface area contributed by atoms with Gasteiger partial charge in [-0.3, -0.25) is 0 Å². The maximum Gasteiger partial charge on any atom is 0.0450 e. The molecule has 2 heteroatoms. The molecular formula is C120H90NP. The maximum atomic E-state index is 2.51. The topological polar surface area (TPSA) is 3.24 Å². The van der Waals surface area contributed by atoms with Crippen LogP contribution in [0.5, 0.6) is 0 Å². The Kier molecular flexibility index (Phi) is 15.8. The van der Waals surface area contributed by atoms with Crippen molar-refractivity contribution < 1.29 is 0 Å². The molecule has 5 aliphatic rings. The minimum Gasteiger partial charge on any atom is -0.344 e. The third-order valence-corrected chi connectivity index (χ3v) is 31.6. The molecule has 1 aliphatic heterocycles. The van der Waals surface area contributed by atoms with Gasteiger partial charge in [-0.1, -0.05) is 372 Å². The minimum atomic E-state index is -0.640. The highest BCUT2D eigenvalue weighted by Crippen LogP contribution is 2.60. The number of rotatable bonds is 7. The Morgan fingerprint density at radius 3 is 0.967 bits per heavy atom. The SMILES string of the molecule is CC1(C)c2ccccc2-c2ccc(-c3ccc4c(-c5ccc6c(c5)c5ccccc5p6-c5ccccc5)c5ccccc5c(-c5ccc6c(c5)C(C)(C)c5ccccc5-6)c4c3)cc21.CN1c2ccccc2Cc2ccc(-c3c4ccccc4c(-c4ccc5c(c4)C(C)(C)c4ccccc4-5)c4cc(-c5ccc6c(c5)C(C)(C)c5ccccc5-6)ccc34)cc21. The molecule has 122 heavy (non-hydrogen) atoms. The molecule has 1 atom stereocenters. The average molecular weight is 1580 g/mol. The predicted octanol–water partition coefficient (Wildman–Crippen LogP) is 33.2. The molecule has 4 aliphatic carbocycles. The molecule has 0 fully saturated rings. The van der Waals surface area contributed by atoms with Gasteiger partial charge in [0, 0.05) is 56.7 Å². The first-order valence-corrected chi connectivity index (χ1v) is 44.8. The molecule has 20 aromatic rings. The molecule has 1 nitrogen and oxygen atoms in total. The molecule has 0 bridgehead atoms. The van der Waals surface area contributed by atoms with E-state index in [-0.39, 0.29) is 21.7 Å². The van der Waals surface area contributed by atoms with Crippen LogP contribution in [0.3, 0.4) is 0 Å². The molecule has 0 radical (unpaired) electrons. The molecule has 0 saturated carbocycles. The lowest BCUT2D eigenvalue weighted by Crippen LogP contribution is -2.18. The molecule has 0 saturated heterocycles. The third-order valence-electron chi connectivity index (χ3n) is 29.1. The molecule has 0 N–H and O–H groups in total. The summed E-state index contributed by atoms with van der Waals surface area (Å²) < 4.78 is 0. The molecule has 25 rings (SSSR count). The normalized spacial score (nSPS) is 14.8. The second kappa shape index (κ2) is 26.7. The van der Waals surface area contributed by atoms with Gasteiger partial charge >= 0.3 is 0 Å². The number of para-hydroxylation sites is 1. The van der Waals surface area contributed by atoms with Crippen molar-refractivity contribution in [1.29, 1.82) is 0 Å². The summed E-state index contributed by atoms with van der Waals surface area (Å²) in [7, 11) is 1.58. The smallest absolute Gasteiger partial charge is 0.0450 e. The number of fused-ring (bicyclic) bond motifs is 21. The van der Waals surface area contributed by atoms with Gasteiger partial charge in [0.2, 0.25) is 0 Å². The van der Waals surface area contributed by atoms with Crippen LogP contribution in [0.15, 0.2) is 370 Å². The van der Waals surface area contributed by atoms with Crippen molar-refractivity contribution in [1.82, 2.24) is 0 Å². The van der Waals surface area contributed by atoms with Crippen LogP contribution in [0.2, 0.25) is 0 Å². The lowest BCUT2D eigenvalue weighted by molar-refractivity contribution is 0.660. The summed E-state index contributed by atoms with van der Waals surface area (Å²) in [5, 5.41) is 17.3. The Balaban J connectivity index is 0.000000138. The quantitative estimate of drug-likeness (QED) is 0.144. The van der Waals surface area contributed by atoms with Crippen molar-refractivity contribution in [2.75, 3.05) is 11.9 Å². The van der Waals surface area contributed by atoms with Crippen LogP contribution in [0, 0.1) is 0 Å². The van der Waals surface area contributed by atoms with E-state index in [1.54, 1.807) is 0 Å². The van der Waals surface area contributed by atoms with Crippen molar-refractivity contribution in [3.05, 3.63) is 426 Å². The molecule has 19 aromatic carbocycles. The number of nitrogens with zero attached hydrogens (tertiary/aromatic N) is 1. The Hall–Kier alpha value is -13.7. The van der Waals surface area contributed by atoms with Gasteiger partial charge in [0.1, 0.15) is 0 Å². The van der Waals surface area contributed by atoms with Crippen LogP contribution in [0.1, 0.15) is 111 Å². The zero-order valence-electron chi connectivity index (χ0n) is 70.3. The summed E-state index contributed by atoms with van der Waals surface area (Å²) in [6.45, 7) is 19.1. The van der Waals surface area contributed by atoms with E-state index in [1.165, 1.54) is 248 Å². The zero-order valence-corrected chi connectivity index (χ0v) is 71.2. The standard InChI is InChI=1S/C62H45P.C58H45N/c1-61(2)53-23-13-10-18-43(53)45-30-26-39(36-55(45)61)38-27-32-50-52(34-38)60(41-28-31-46-44-19-11-14-24-54(44)62(3,4)56(46)37-41)49-22-9-8-21-48(49)59(50)40-29-33-58-51(35-40)47-20-12-15-25-57(47)63(58)42-16-6-5-7-17-42;1-57(2)49-19-11-9-15-41(49)43-27-24-36(32-51(43)57)35-25-29-47-48(31-35)56(39-26-28-44-42-16-10-12-20-50(42)58(3,4)52(44)33-39)46-18-8-7-17-45(46)55(47)40-23-22-38-30-37-14-6-13-21-53(37)59(5)54(38)34-40/h5-37H,1-4H3;6-29,31-34H,30H2,1-5H3. The summed E-state index contributed by atoms with van der Waals surface area (Å²) >= 11 is 0. The summed E-state index contributed by atoms with van der Waals surface area (Å²) in [4.78, 5) is 2.38. The van der Waals surface area contributed by atoms with E-state index in [0.717, 1.165) is 6.42 Å². The van der Waals surface area contributed by atoms with Gasteiger partial charge in [0.05, 0.1) is 0 Å². The summed E-state index contributed by atoms with van der Waals surface area (Å²) in [5.41, 5.74) is 42.2. The number of benzene rings is 19. The fraction of sp³-hybridized carbons (Fsp3) is 0.117. The Morgan fingerprint density at radius 1 is 0.205 bits per heavy atom. The lowest BCUT2D eigenvalue weighted by atomic mass is 9.80. The zero-order chi connectivity index (χ0) is 82.0. The van der Waals surface area contributed by atoms with Gasteiger partial charge in [0.25, 0.3) is 0 Å². The van der Waals surface area contributed by atoms with Crippen LogP contribution < -0.4 is 4.90 Å². The summed E-state index contributed by atoms with van der Waals surface area (Å²) in [6.07, 6.45) is 0.946. The van der Waals surface area contributed by atoms with Crippen molar-refractivity contribution >= 4 is 83.0 Å². The van der Waals surface area contributed by atoms with Gasteiger partial charge in [-0.05, 0) is 287 Å². The van der Waals surface area contributed by atoms with E-state index >= 15 is 0 Å². The number of hydrogen-bond donors (Lipinski definition) is 0. The van der Waals surface area contributed by atoms with Gasteiger partial charge in [-0.2, -0.15) is 0 Å². The van der Waals surface area contributed by atoms with E-state index in [1.807, 2.05) is 0 Å². The van der Waals surface area contributed by atoms with Crippen LogP contribution in [0.25, 0.3) is 181 Å². The number of hydrogen-bond acceptors (Lipinski definition) is 1. The fourth-order valence-corrected chi connectivity index (χ4v) is 25.5. The molecule has 580 valence electrons. The average Bonchev–Trinajstić information content (AvgIpc) is 1.21. The highest BCUT2D eigenvalue weighted by molar-refractivity contribution is 7.67. The fourth-order valence-electron chi connectivity index (χ4n) is 22.9. The first kappa shape index (κ1) is 72.3. The third kappa shape index (κ3) is 10.6. The second-order valence-electron chi connectivity index (χ2n) is 37.0. The molecular weight excluding hydrogens is 1490 g/mol. The Morgan fingerprint density at radius 2 is 0.500 bits per heavy atom. The van der Waals surface area contributed by atoms with Gasteiger partial charge in [-0.25, -0.2) is 0 Å². The van der Waals surface area contributed by atoms with Gasteiger partial charge < -0.3 is 4.90 Å². The van der Waals surface area contributed by atoms with E-state index < -0.39 is 7.53 Å². The first-order chi connectivity index (χ1) is 59.4. The van der Waals surface area contributed by atoms with Crippen molar-refractivity contribution in [3.63, 3.8) is 0 Å². The van der Waals surface area contributed by atoms with Crippen LogP contribution in [-0.4, -0.2) is 7.05 Å². The Bertz CT molecular complexity index is 7930. The van der Waals surface area contributed by atoms with E-state index in [0.29, 0.717) is 0 Å². The van der Waals surface area contributed by atoms with Gasteiger partial charge in [-0.15, -0.1) is 0 Å². The summed E-state index contributed by atoms with van der Waals surface area (Å²) in [5.74, 6) is 0. The van der Waals surface area contributed by atoms with Crippen LogP contribution in [-0.2, 0) is 28.1 Å². The lowest BCUT2D eigenvalue weighted by Gasteiger charge is -2.31. The van der Waals surface area contributed by atoms with E-state index in [2.05, 4.69) is 437 Å². The molecule has 1 unspecified atom stereocenters. The monoisotopic (exact) mass is 1580 g/mol. The molecule has 2 heterocycles. The van der Waals surface area contributed by atoms with Crippen molar-refractivity contribution in [3.8, 4) is 117 Å². The maximum absolute atomic E-state index is 2.51. The highest BCUT2D eigenvalue weighted by atomic mass is 31.1. The molecule has 1 aromatic heterocycles. The number of anilines is 2. The molecule has 0 amide bonds. The van der Waals surface area contributed by atoms with E-state index in [9.17, 15) is 0 Å². The van der Waals surface area contributed by atoms with Crippen molar-refractivity contribution in [2.45, 2.75) is 83.5 Å². The highest BCUT2D eigenvalue weighted by Gasteiger charge is 2.40. The van der Waals surface area contributed by atoms with Crippen LogP contribution in [0.4, 0.5) is 11.4 Å². The predicted molar refractivity (Wildman–Crippen MR) is 522 cm³/mol. The van der Waals surface area contributed by atoms with E-state index in [4.69, 9.17) is 0 Å². The van der Waals surface area contributed by atoms with Crippen molar-refractivity contribution in [2.24, 2.45) is 0 Å². The van der Waals surface area contributed by atoms with Crippen LogP contribution >= 0.6 is 7.53 Å². The largest absolute Gasteiger partial charge is 0.344 e. The van der Waals surface area contributed by atoms with Gasteiger partial charge in [0.15, 0.2) is 0 Å². The Labute approximate surface area is 715 Å².